The topological polar surface area (TPSA) is 90.1 Å². The van der Waals surface area contributed by atoms with Gasteiger partial charge in [-0.15, -0.1) is 0 Å². The largest absolute Gasteiger partial charge is 0.352 e. The number of piperidine rings is 1. The number of aromatic amines is 1. The first-order valence-electron chi connectivity index (χ1n) is 9.79. The fraction of sp³-hybridized carbons (Fsp3) is 0.550. The van der Waals surface area contributed by atoms with Crippen LogP contribution < -0.4 is 10.6 Å². The lowest BCUT2D eigenvalue weighted by Gasteiger charge is -2.41. The van der Waals surface area contributed by atoms with Crippen LogP contribution in [0.5, 0.6) is 0 Å². The highest BCUT2D eigenvalue weighted by atomic mass is 16.2. The maximum absolute atomic E-state index is 13.0. The lowest BCUT2D eigenvalue weighted by molar-refractivity contribution is -0.134. The van der Waals surface area contributed by atoms with Gasteiger partial charge in [0, 0.05) is 24.0 Å². The number of para-hydroxylation sites is 1. The second-order valence-electron chi connectivity index (χ2n) is 8.06. The third-order valence-corrected chi connectivity index (χ3v) is 5.76. The van der Waals surface area contributed by atoms with Crippen molar-refractivity contribution in [1.29, 1.82) is 0 Å². The Hall–Kier alpha value is -2.41. The number of carbonyl (C=O) groups is 2. The van der Waals surface area contributed by atoms with Crippen molar-refractivity contribution >= 4 is 22.7 Å². The van der Waals surface area contributed by atoms with Crippen LogP contribution in [0.1, 0.15) is 50.0 Å². The molecule has 3 N–H and O–H groups in total. The predicted octanol–water partition coefficient (Wildman–Crippen LogP) is 1.81. The van der Waals surface area contributed by atoms with Gasteiger partial charge in [-0.2, -0.15) is 5.10 Å². The van der Waals surface area contributed by atoms with Crippen LogP contribution in [0.15, 0.2) is 24.3 Å². The Balaban J connectivity index is 1.52. The van der Waals surface area contributed by atoms with E-state index in [1.807, 2.05) is 38.1 Å². The van der Waals surface area contributed by atoms with Gasteiger partial charge in [0.25, 0.3) is 5.91 Å². The Labute approximate surface area is 158 Å². The van der Waals surface area contributed by atoms with E-state index in [1.165, 1.54) is 0 Å². The monoisotopic (exact) mass is 369 g/mol. The van der Waals surface area contributed by atoms with Gasteiger partial charge in [0.15, 0.2) is 5.69 Å². The summed E-state index contributed by atoms with van der Waals surface area (Å²) in [6, 6.07) is 7.66. The molecular weight excluding hydrogens is 342 g/mol. The Morgan fingerprint density at radius 1 is 1.30 bits per heavy atom. The molecule has 2 aliphatic heterocycles. The van der Waals surface area contributed by atoms with Crippen LogP contribution in [0.25, 0.3) is 10.9 Å². The highest BCUT2D eigenvalue weighted by molar-refractivity contribution is 6.04. The molecule has 144 valence electrons. The van der Waals surface area contributed by atoms with Crippen molar-refractivity contribution in [2.45, 2.75) is 57.2 Å². The van der Waals surface area contributed by atoms with Crippen molar-refractivity contribution in [2.24, 2.45) is 0 Å². The molecule has 1 aromatic heterocycles. The minimum Gasteiger partial charge on any atom is -0.352 e. The lowest BCUT2D eigenvalue weighted by Crippen LogP contribution is -2.58. The molecule has 0 bridgehead atoms. The quantitative estimate of drug-likeness (QED) is 0.767. The molecule has 27 heavy (non-hydrogen) atoms. The van der Waals surface area contributed by atoms with Crippen LogP contribution in [0.2, 0.25) is 0 Å². The number of hydrogen-bond donors (Lipinski definition) is 3. The van der Waals surface area contributed by atoms with E-state index in [9.17, 15) is 9.59 Å². The third kappa shape index (κ3) is 3.20. The minimum absolute atomic E-state index is 0.0519. The van der Waals surface area contributed by atoms with Gasteiger partial charge in [-0.25, -0.2) is 0 Å². The van der Waals surface area contributed by atoms with E-state index >= 15 is 0 Å². The SMILES string of the molecule is CC(C)NC(=O)[C@@]12CCCCN1C[C@@H](NC(=O)c1n[nH]c3ccccc13)C2. The zero-order chi connectivity index (χ0) is 19.0. The number of benzene rings is 1. The summed E-state index contributed by atoms with van der Waals surface area (Å²) in [7, 11) is 0. The van der Waals surface area contributed by atoms with Crippen molar-refractivity contribution in [1.82, 2.24) is 25.7 Å². The van der Waals surface area contributed by atoms with E-state index in [0.29, 0.717) is 18.7 Å². The van der Waals surface area contributed by atoms with Crippen LogP contribution in [0.4, 0.5) is 0 Å². The number of H-pyrrole nitrogens is 1. The first-order valence-corrected chi connectivity index (χ1v) is 9.79. The molecule has 0 unspecified atom stereocenters. The molecule has 0 radical (unpaired) electrons. The lowest BCUT2D eigenvalue weighted by atomic mass is 9.84. The summed E-state index contributed by atoms with van der Waals surface area (Å²) in [4.78, 5) is 28.1. The first kappa shape index (κ1) is 18.0. The molecule has 4 rings (SSSR count). The number of aromatic nitrogens is 2. The smallest absolute Gasteiger partial charge is 0.272 e. The zero-order valence-electron chi connectivity index (χ0n) is 15.9. The molecule has 0 spiro atoms. The highest BCUT2D eigenvalue weighted by Gasteiger charge is 2.52. The van der Waals surface area contributed by atoms with E-state index in [4.69, 9.17) is 0 Å². The van der Waals surface area contributed by atoms with Crippen LogP contribution >= 0.6 is 0 Å². The molecule has 7 heteroatoms. The molecule has 2 aliphatic rings. The molecule has 3 heterocycles. The molecule has 0 saturated carbocycles. The second kappa shape index (κ2) is 6.96. The summed E-state index contributed by atoms with van der Waals surface area (Å²) >= 11 is 0. The number of amides is 2. The minimum atomic E-state index is -0.492. The maximum atomic E-state index is 13.0. The molecule has 2 saturated heterocycles. The molecule has 0 aliphatic carbocycles. The third-order valence-electron chi connectivity index (χ3n) is 5.76. The van der Waals surface area contributed by atoms with Gasteiger partial charge in [-0.3, -0.25) is 19.6 Å². The summed E-state index contributed by atoms with van der Waals surface area (Å²) in [6.07, 6.45) is 3.65. The van der Waals surface area contributed by atoms with Gasteiger partial charge in [0.2, 0.25) is 5.91 Å². The fourth-order valence-electron chi connectivity index (χ4n) is 4.56. The molecule has 2 aromatic rings. The number of hydrogen-bond acceptors (Lipinski definition) is 4. The van der Waals surface area contributed by atoms with Gasteiger partial charge in [-0.05, 0) is 52.1 Å². The molecule has 2 fully saturated rings. The van der Waals surface area contributed by atoms with Crippen LogP contribution in [0.3, 0.4) is 0 Å². The first-order chi connectivity index (χ1) is 13.0. The number of rotatable bonds is 4. The highest BCUT2D eigenvalue weighted by Crippen LogP contribution is 2.38. The fourth-order valence-corrected chi connectivity index (χ4v) is 4.56. The molecule has 1 aromatic carbocycles. The molecule has 7 nitrogen and oxygen atoms in total. The Morgan fingerprint density at radius 3 is 2.93 bits per heavy atom. The zero-order valence-corrected chi connectivity index (χ0v) is 15.9. The number of nitrogens with one attached hydrogen (secondary N) is 3. The van der Waals surface area contributed by atoms with E-state index < -0.39 is 5.54 Å². The van der Waals surface area contributed by atoms with Crippen molar-refractivity contribution in [3.05, 3.63) is 30.0 Å². The Kier molecular flexibility index (Phi) is 4.63. The van der Waals surface area contributed by atoms with Crippen LogP contribution in [0, 0.1) is 0 Å². The summed E-state index contributed by atoms with van der Waals surface area (Å²) in [6.45, 7) is 5.58. The summed E-state index contributed by atoms with van der Waals surface area (Å²) < 4.78 is 0. The molecular formula is C20H27N5O2. The Bertz CT molecular complexity index is 861. The van der Waals surface area contributed by atoms with Gasteiger partial charge in [0.1, 0.15) is 5.54 Å². The maximum Gasteiger partial charge on any atom is 0.272 e. The molecule has 2 atom stereocenters. The van der Waals surface area contributed by atoms with Crippen LogP contribution in [-0.2, 0) is 4.79 Å². The normalized spacial score (nSPS) is 25.5. The predicted molar refractivity (Wildman–Crippen MR) is 103 cm³/mol. The van der Waals surface area contributed by atoms with Gasteiger partial charge in [-0.1, -0.05) is 18.2 Å². The second-order valence-corrected chi connectivity index (χ2v) is 8.06. The van der Waals surface area contributed by atoms with Crippen molar-refractivity contribution in [3.8, 4) is 0 Å². The number of carbonyl (C=O) groups excluding carboxylic acids is 2. The van der Waals surface area contributed by atoms with E-state index in [1.54, 1.807) is 0 Å². The average molecular weight is 369 g/mol. The van der Waals surface area contributed by atoms with Gasteiger partial charge >= 0.3 is 0 Å². The van der Waals surface area contributed by atoms with Gasteiger partial charge in [0.05, 0.1) is 5.52 Å². The van der Waals surface area contributed by atoms with Gasteiger partial charge < -0.3 is 10.6 Å². The summed E-state index contributed by atoms with van der Waals surface area (Å²) in [5.74, 6) is -0.0871. The number of fused-ring (bicyclic) bond motifs is 2. The summed E-state index contributed by atoms with van der Waals surface area (Å²) in [5, 5.41) is 14.1. The van der Waals surface area contributed by atoms with Crippen LogP contribution in [-0.4, -0.2) is 57.6 Å². The number of nitrogens with zero attached hydrogens (tertiary/aromatic N) is 2. The molecule has 2 amide bonds. The van der Waals surface area contributed by atoms with E-state index in [0.717, 1.165) is 36.7 Å². The van der Waals surface area contributed by atoms with Crippen molar-refractivity contribution in [3.63, 3.8) is 0 Å². The van der Waals surface area contributed by atoms with E-state index in [-0.39, 0.29) is 23.9 Å². The standard InChI is InChI=1S/C20H27N5O2/c1-13(2)21-19(27)20-9-5-6-10-25(20)12-14(11-20)22-18(26)17-15-7-3-4-8-16(15)23-24-17/h3-4,7-8,13-14H,5-6,9-12H2,1-2H3,(H,21,27)(H,22,26)(H,23,24)/t14-,20-/m0/s1. The average Bonchev–Trinajstić information content (AvgIpc) is 3.22. The van der Waals surface area contributed by atoms with Crippen molar-refractivity contribution < 1.29 is 9.59 Å². The van der Waals surface area contributed by atoms with E-state index in [2.05, 4.69) is 25.7 Å². The Morgan fingerprint density at radius 2 is 2.11 bits per heavy atom. The van der Waals surface area contributed by atoms with Crippen molar-refractivity contribution in [2.75, 3.05) is 13.1 Å². The summed E-state index contributed by atoms with van der Waals surface area (Å²) in [5.41, 5.74) is 0.768.